The third-order valence-electron chi connectivity index (χ3n) is 3.19. The molecule has 1 aliphatic carbocycles. The standard InChI is InChI=1S/C15H17NO3/c17-14(18)10-11-5-4-8-13(9-11)16-15(19)12-6-2-1-3-7-12/h1-2,4-5,8-9,12H,3,6-7,10H2,(H,16,19)(H,17,18)/t12-/m0/s1. The molecular formula is C15H17NO3. The van der Waals surface area contributed by atoms with Crippen LogP contribution in [0, 0.1) is 5.92 Å². The van der Waals surface area contributed by atoms with Gasteiger partial charge in [-0.15, -0.1) is 0 Å². The van der Waals surface area contributed by atoms with Crippen LogP contribution in [0.15, 0.2) is 36.4 Å². The smallest absolute Gasteiger partial charge is 0.307 e. The molecule has 0 unspecified atom stereocenters. The van der Waals surface area contributed by atoms with Crippen LogP contribution in [0.1, 0.15) is 24.8 Å². The summed E-state index contributed by atoms with van der Waals surface area (Å²) in [6.45, 7) is 0. The predicted molar refractivity (Wildman–Crippen MR) is 72.9 cm³/mol. The number of benzene rings is 1. The highest BCUT2D eigenvalue weighted by Gasteiger charge is 2.18. The van der Waals surface area contributed by atoms with Gasteiger partial charge in [0.05, 0.1) is 6.42 Å². The Morgan fingerprint density at radius 2 is 2.16 bits per heavy atom. The van der Waals surface area contributed by atoms with E-state index in [2.05, 4.69) is 11.4 Å². The number of carbonyl (C=O) groups excluding carboxylic acids is 1. The largest absolute Gasteiger partial charge is 0.481 e. The summed E-state index contributed by atoms with van der Waals surface area (Å²) in [6.07, 6.45) is 6.69. The molecule has 1 aliphatic rings. The Morgan fingerprint density at radius 1 is 1.32 bits per heavy atom. The molecular weight excluding hydrogens is 242 g/mol. The molecule has 2 rings (SSSR count). The van der Waals surface area contributed by atoms with Crippen LogP contribution in [0.4, 0.5) is 5.69 Å². The van der Waals surface area contributed by atoms with Crippen LogP contribution in [0.5, 0.6) is 0 Å². The van der Waals surface area contributed by atoms with Gasteiger partial charge in [0, 0.05) is 11.6 Å². The summed E-state index contributed by atoms with van der Waals surface area (Å²) in [6, 6.07) is 6.99. The van der Waals surface area contributed by atoms with Crippen LogP contribution in [0.2, 0.25) is 0 Å². The summed E-state index contributed by atoms with van der Waals surface area (Å²) in [5.74, 6) is -0.842. The fraction of sp³-hybridized carbons (Fsp3) is 0.333. The topological polar surface area (TPSA) is 66.4 Å². The second-order valence-corrected chi connectivity index (χ2v) is 4.74. The molecule has 4 heteroatoms. The number of rotatable bonds is 4. The van der Waals surface area contributed by atoms with E-state index in [0.29, 0.717) is 11.3 Å². The zero-order valence-corrected chi connectivity index (χ0v) is 10.6. The van der Waals surface area contributed by atoms with E-state index in [9.17, 15) is 9.59 Å². The van der Waals surface area contributed by atoms with E-state index < -0.39 is 5.97 Å². The van der Waals surface area contributed by atoms with E-state index in [1.807, 2.05) is 6.08 Å². The summed E-state index contributed by atoms with van der Waals surface area (Å²) < 4.78 is 0. The molecule has 0 aliphatic heterocycles. The van der Waals surface area contributed by atoms with Gasteiger partial charge in [-0.05, 0) is 37.0 Å². The highest BCUT2D eigenvalue weighted by Crippen LogP contribution is 2.20. The second-order valence-electron chi connectivity index (χ2n) is 4.74. The number of carboxylic acids is 1. The average Bonchev–Trinajstić information content (AvgIpc) is 2.39. The van der Waals surface area contributed by atoms with E-state index in [-0.39, 0.29) is 18.2 Å². The lowest BCUT2D eigenvalue weighted by atomic mass is 9.93. The minimum absolute atomic E-state index is 0.0109. The molecule has 2 N–H and O–H groups in total. The zero-order valence-electron chi connectivity index (χ0n) is 10.6. The van der Waals surface area contributed by atoms with Gasteiger partial charge in [0.15, 0.2) is 0 Å². The van der Waals surface area contributed by atoms with E-state index in [1.165, 1.54) is 0 Å². The lowest BCUT2D eigenvalue weighted by Crippen LogP contribution is -2.23. The van der Waals surface area contributed by atoms with Crippen molar-refractivity contribution < 1.29 is 14.7 Å². The third-order valence-corrected chi connectivity index (χ3v) is 3.19. The summed E-state index contributed by atoms with van der Waals surface area (Å²) >= 11 is 0. The van der Waals surface area contributed by atoms with Crippen LogP contribution in [0.25, 0.3) is 0 Å². The molecule has 0 aromatic heterocycles. The minimum atomic E-state index is -0.874. The fourth-order valence-corrected chi connectivity index (χ4v) is 2.21. The number of hydrogen-bond donors (Lipinski definition) is 2. The zero-order chi connectivity index (χ0) is 13.7. The normalized spacial score (nSPS) is 18.0. The lowest BCUT2D eigenvalue weighted by molar-refractivity contribution is -0.136. The number of aliphatic carboxylic acids is 1. The second kappa shape index (κ2) is 6.18. The van der Waals surface area contributed by atoms with Gasteiger partial charge in [0.25, 0.3) is 0 Å². The van der Waals surface area contributed by atoms with Crippen molar-refractivity contribution in [1.82, 2.24) is 0 Å². The minimum Gasteiger partial charge on any atom is -0.481 e. The molecule has 0 heterocycles. The molecule has 1 amide bonds. The Kier molecular flexibility index (Phi) is 4.34. The van der Waals surface area contributed by atoms with Gasteiger partial charge < -0.3 is 10.4 Å². The molecule has 19 heavy (non-hydrogen) atoms. The number of anilines is 1. The summed E-state index contributed by atoms with van der Waals surface area (Å²) in [5.41, 5.74) is 1.35. The number of carboxylic acid groups (broad SMARTS) is 1. The number of hydrogen-bond acceptors (Lipinski definition) is 2. The molecule has 1 atom stereocenters. The van der Waals surface area contributed by atoms with E-state index in [1.54, 1.807) is 24.3 Å². The monoisotopic (exact) mass is 259 g/mol. The molecule has 0 fully saturated rings. The first kappa shape index (κ1) is 13.3. The first-order valence-corrected chi connectivity index (χ1v) is 6.42. The maximum atomic E-state index is 12.0. The molecule has 0 spiro atoms. The van der Waals surface area contributed by atoms with Crippen LogP contribution < -0.4 is 5.32 Å². The van der Waals surface area contributed by atoms with Crippen LogP contribution in [0.3, 0.4) is 0 Å². The lowest BCUT2D eigenvalue weighted by Gasteiger charge is -2.17. The van der Waals surface area contributed by atoms with Crippen molar-refractivity contribution in [2.45, 2.75) is 25.7 Å². The SMILES string of the molecule is O=C(O)Cc1cccc(NC(=O)[C@H]2CC=CCC2)c1. The van der Waals surface area contributed by atoms with Crippen molar-refractivity contribution in [3.05, 3.63) is 42.0 Å². The fourth-order valence-electron chi connectivity index (χ4n) is 2.21. The van der Waals surface area contributed by atoms with Gasteiger partial charge in [-0.25, -0.2) is 0 Å². The highest BCUT2D eigenvalue weighted by molar-refractivity contribution is 5.92. The first-order chi connectivity index (χ1) is 9.15. The maximum Gasteiger partial charge on any atom is 0.307 e. The Balaban J connectivity index is 2.00. The molecule has 0 saturated heterocycles. The predicted octanol–water partition coefficient (Wildman–Crippen LogP) is 2.61. The summed E-state index contributed by atoms with van der Waals surface area (Å²) in [4.78, 5) is 22.7. The van der Waals surface area contributed by atoms with Crippen molar-refractivity contribution in [3.8, 4) is 0 Å². The summed E-state index contributed by atoms with van der Waals surface area (Å²) in [7, 11) is 0. The average molecular weight is 259 g/mol. The Bertz CT molecular complexity index is 508. The number of carbonyl (C=O) groups is 2. The Labute approximate surface area is 112 Å². The number of allylic oxidation sites excluding steroid dienone is 2. The van der Waals surface area contributed by atoms with Gasteiger partial charge in [-0.2, -0.15) is 0 Å². The molecule has 1 aromatic carbocycles. The Hall–Kier alpha value is -2.10. The maximum absolute atomic E-state index is 12.0. The number of nitrogens with one attached hydrogen (secondary N) is 1. The van der Waals surface area contributed by atoms with Gasteiger partial charge in [-0.3, -0.25) is 9.59 Å². The van der Waals surface area contributed by atoms with Gasteiger partial charge in [-0.1, -0.05) is 24.3 Å². The Morgan fingerprint density at radius 3 is 2.84 bits per heavy atom. The quantitative estimate of drug-likeness (QED) is 0.817. The van der Waals surface area contributed by atoms with E-state index >= 15 is 0 Å². The number of amides is 1. The van der Waals surface area contributed by atoms with Crippen molar-refractivity contribution in [1.29, 1.82) is 0 Å². The molecule has 0 radical (unpaired) electrons. The summed E-state index contributed by atoms with van der Waals surface area (Å²) in [5, 5.41) is 11.6. The van der Waals surface area contributed by atoms with Crippen molar-refractivity contribution in [2.24, 2.45) is 5.92 Å². The molecule has 0 saturated carbocycles. The molecule has 0 bridgehead atoms. The van der Waals surface area contributed by atoms with E-state index in [4.69, 9.17) is 5.11 Å². The van der Waals surface area contributed by atoms with Gasteiger partial charge in [0.1, 0.15) is 0 Å². The third kappa shape index (κ3) is 3.95. The molecule has 100 valence electrons. The van der Waals surface area contributed by atoms with E-state index in [0.717, 1.165) is 19.3 Å². The van der Waals surface area contributed by atoms with Gasteiger partial charge >= 0.3 is 5.97 Å². The molecule has 1 aromatic rings. The van der Waals surface area contributed by atoms with Crippen LogP contribution in [-0.2, 0) is 16.0 Å². The molecule has 4 nitrogen and oxygen atoms in total. The highest BCUT2D eigenvalue weighted by atomic mass is 16.4. The van der Waals surface area contributed by atoms with Crippen molar-refractivity contribution in [2.75, 3.05) is 5.32 Å². The van der Waals surface area contributed by atoms with Gasteiger partial charge in [0.2, 0.25) is 5.91 Å². The van der Waals surface area contributed by atoms with Crippen molar-refractivity contribution >= 4 is 17.6 Å². The van der Waals surface area contributed by atoms with Crippen molar-refractivity contribution in [3.63, 3.8) is 0 Å². The van der Waals surface area contributed by atoms with Crippen LogP contribution in [-0.4, -0.2) is 17.0 Å². The van der Waals surface area contributed by atoms with Crippen LogP contribution >= 0.6 is 0 Å². The first-order valence-electron chi connectivity index (χ1n) is 6.42.